The van der Waals surface area contributed by atoms with Crippen molar-refractivity contribution < 1.29 is 29.2 Å². The number of carbonyl (C=O) groups excluding carboxylic acids is 5. The molecular formula is C32H40N4O6. The maximum absolute atomic E-state index is 13.8. The van der Waals surface area contributed by atoms with Crippen molar-refractivity contribution in [2.24, 2.45) is 23.7 Å². The van der Waals surface area contributed by atoms with E-state index < -0.39 is 47.4 Å². The Morgan fingerprint density at radius 3 is 1.93 bits per heavy atom. The number of rotatable bonds is 12. The average molecular weight is 577 g/mol. The van der Waals surface area contributed by atoms with Gasteiger partial charge in [-0.3, -0.25) is 44.5 Å². The normalized spacial score (nSPS) is 15.1. The average Bonchev–Trinajstić information content (AvgIpc) is 3.22. The van der Waals surface area contributed by atoms with Crippen LogP contribution in [0.2, 0.25) is 0 Å². The Balaban J connectivity index is 1.85. The summed E-state index contributed by atoms with van der Waals surface area (Å²) < 4.78 is 0. The van der Waals surface area contributed by atoms with Crippen molar-refractivity contribution in [2.75, 3.05) is 6.54 Å². The van der Waals surface area contributed by atoms with Gasteiger partial charge >= 0.3 is 0 Å². The zero-order valence-corrected chi connectivity index (χ0v) is 24.7. The molecule has 224 valence electrons. The van der Waals surface area contributed by atoms with Crippen LogP contribution in [-0.2, 0) is 14.4 Å². The smallest absolute Gasteiger partial charge is 0.263 e. The van der Waals surface area contributed by atoms with Crippen LogP contribution in [0.15, 0.2) is 60.7 Å². The van der Waals surface area contributed by atoms with Crippen LogP contribution in [0, 0.1) is 23.7 Å². The Morgan fingerprint density at radius 2 is 1.40 bits per heavy atom. The lowest BCUT2D eigenvalue weighted by Gasteiger charge is -2.33. The molecule has 3 rings (SSSR count). The van der Waals surface area contributed by atoms with E-state index in [0.717, 1.165) is 15.5 Å². The fourth-order valence-corrected chi connectivity index (χ4v) is 5.08. The van der Waals surface area contributed by atoms with Gasteiger partial charge in [0, 0.05) is 6.54 Å². The number of hydrogen-bond acceptors (Lipinski definition) is 6. The van der Waals surface area contributed by atoms with Crippen molar-refractivity contribution in [2.45, 2.75) is 53.5 Å². The van der Waals surface area contributed by atoms with Crippen molar-refractivity contribution in [3.05, 3.63) is 77.4 Å². The highest BCUT2D eigenvalue weighted by molar-refractivity contribution is 6.22. The molecule has 10 heteroatoms. The van der Waals surface area contributed by atoms with E-state index in [1.165, 1.54) is 19.1 Å². The third kappa shape index (κ3) is 7.70. The molecule has 0 aromatic heterocycles. The van der Waals surface area contributed by atoms with Crippen LogP contribution in [0.3, 0.4) is 0 Å². The summed E-state index contributed by atoms with van der Waals surface area (Å²) in [7, 11) is 0. The molecule has 0 fully saturated rings. The molecule has 3 N–H and O–H groups in total. The standard InChI is InChI=1S/C32H40N4O6/c1-20(2)18-27(24(29(38)34-42)17-11-14-23-12-7-6-8-13-23)28(37)33-35(19-21(3)4)30(39)22(5)36-31(40)25-15-9-10-16-26(25)32(36)41/h6-16,20-22,24,27,42H,17-19H2,1-5H3,(H,33,37)(H,34,38)/t22-,24-,27+/m0/s1. The second kappa shape index (κ2) is 14.5. The quantitative estimate of drug-likeness (QED) is 0.198. The molecular weight excluding hydrogens is 536 g/mol. The molecule has 1 heterocycles. The molecule has 42 heavy (non-hydrogen) atoms. The summed E-state index contributed by atoms with van der Waals surface area (Å²) in [4.78, 5) is 67.3. The summed E-state index contributed by atoms with van der Waals surface area (Å²) in [5.74, 6) is -4.95. The highest BCUT2D eigenvalue weighted by Gasteiger charge is 2.43. The van der Waals surface area contributed by atoms with Gasteiger partial charge in [0.15, 0.2) is 0 Å². The number of imide groups is 1. The fourth-order valence-electron chi connectivity index (χ4n) is 5.08. The van der Waals surface area contributed by atoms with Crippen molar-refractivity contribution in [3.63, 3.8) is 0 Å². The number of allylic oxidation sites excluding steroid dienone is 1. The number of nitrogens with one attached hydrogen (secondary N) is 2. The lowest BCUT2D eigenvalue weighted by Crippen LogP contribution is -2.57. The van der Waals surface area contributed by atoms with Gasteiger partial charge < -0.3 is 0 Å². The number of hydrazine groups is 1. The van der Waals surface area contributed by atoms with E-state index in [0.29, 0.717) is 6.42 Å². The van der Waals surface area contributed by atoms with Gasteiger partial charge in [-0.05, 0) is 49.3 Å². The van der Waals surface area contributed by atoms with Gasteiger partial charge in [-0.15, -0.1) is 0 Å². The molecule has 0 bridgehead atoms. The third-order valence-corrected chi connectivity index (χ3v) is 7.12. The first-order chi connectivity index (χ1) is 20.0. The number of carbonyl (C=O) groups is 5. The minimum atomic E-state index is -1.19. The SMILES string of the molecule is CC(C)C[C@@H](C(=O)NN(CC(C)C)C(=O)[C@H](C)N1C(=O)c2ccccc2C1=O)[C@H](CC=Cc1ccccc1)C(=O)NO. The lowest BCUT2D eigenvalue weighted by molar-refractivity contribution is -0.149. The zero-order valence-electron chi connectivity index (χ0n) is 24.7. The molecule has 1 aliphatic heterocycles. The maximum atomic E-state index is 13.8. The molecule has 5 amide bonds. The summed E-state index contributed by atoms with van der Waals surface area (Å²) in [6.07, 6.45) is 4.08. The number of benzene rings is 2. The van der Waals surface area contributed by atoms with Gasteiger partial charge in [0.2, 0.25) is 11.8 Å². The van der Waals surface area contributed by atoms with Crippen LogP contribution in [0.1, 0.15) is 73.7 Å². The van der Waals surface area contributed by atoms with E-state index in [2.05, 4.69) is 5.43 Å². The van der Waals surface area contributed by atoms with Crippen molar-refractivity contribution >= 4 is 35.6 Å². The third-order valence-electron chi connectivity index (χ3n) is 7.12. The van der Waals surface area contributed by atoms with Crippen LogP contribution in [0.5, 0.6) is 0 Å². The summed E-state index contributed by atoms with van der Waals surface area (Å²) in [6.45, 7) is 9.11. The Kier molecular flexibility index (Phi) is 11.2. The van der Waals surface area contributed by atoms with E-state index in [1.807, 2.05) is 64.1 Å². The first-order valence-electron chi connectivity index (χ1n) is 14.2. The largest absolute Gasteiger partial charge is 0.289 e. The molecule has 0 radical (unpaired) electrons. The van der Waals surface area contributed by atoms with Gasteiger partial charge in [0.1, 0.15) is 6.04 Å². The minimum Gasteiger partial charge on any atom is -0.289 e. The first kappa shape index (κ1) is 32.2. The molecule has 0 saturated carbocycles. The van der Waals surface area contributed by atoms with Crippen molar-refractivity contribution in [1.82, 2.24) is 20.8 Å². The van der Waals surface area contributed by atoms with E-state index >= 15 is 0 Å². The molecule has 0 saturated heterocycles. The second-order valence-corrected chi connectivity index (χ2v) is 11.4. The molecule has 2 aromatic rings. The Morgan fingerprint density at radius 1 is 0.833 bits per heavy atom. The highest BCUT2D eigenvalue weighted by Crippen LogP contribution is 2.27. The van der Waals surface area contributed by atoms with Crippen LogP contribution < -0.4 is 10.9 Å². The minimum absolute atomic E-state index is 0.0133. The fraction of sp³-hybridized carbons (Fsp3) is 0.406. The van der Waals surface area contributed by atoms with E-state index in [-0.39, 0.29) is 35.9 Å². The first-order valence-corrected chi connectivity index (χ1v) is 14.2. The summed E-state index contributed by atoms with van der Waals surface area (Å²) in [6, 6.07) is 14.6. The zero-order chi connectivity index (χ0) is 31.0. The van der Waals surface area contributed by atoms with Crippen LogP contribution >= 0.6 is 0 Å². The van der Waals surface area contributed by atoms with Gasteiger partial charge in [-0.25, -0.2) is 5.48 Å². The van der Waals surface area contributed by atoms with E-state index in [1.54, 1.807) is 23.7 Å². The van der Waals surface area contributed by atoms with Crippen LogP contribution in [-0.4, -0.2) is 57.2 Å². The van der Waals surface area contributed by atoms with Gasteiger partial charge in [0.25, 0.3) is 17.7 Å². The highest BCUT2D eigenvalue weighted by atomic mass is 16.5. The van der Waals surface area contributed by atoms with E-state index in [4.69, 9.17) is 0 Å². The number of fused-ring (bicyclic) bond motifs is 1. The molecule has 0 aliphatic carbocycles. The number of amides is 5. The van der Waals surface area contributed by atoms with Crippen LogP contribution in [0.25, 0.3) is 6.08 Å². The summed E-state index contributed by atoms with van der Waals surface area (Å²) in [5, 5.41) is 10.6. The van der Waals surface area contributed by atoms with Crippen LogP contribution in [0.4, 0.5) is 0 Å². The topological polar surface area (TPSA) is 136 Å². The summed E-state index contributed by atoms with van der Waals surface area (Å²) in [5.41, 5.74) is 5.74. The molecule has 1 aliphatic rings. The number of nitrogens with zero attached hydrogens (tertiary/aromatic N) is 2. The van der Waals surface area contributed by atoms with Crippen molar-refractivity contribution in [1.29, 1.82) is 0 Å². The van der Waals surface area contributed by atoms with Gasteiger partial charge in [-0.2, -0.15) is 0 Å². The lowest BCUT2D eigenvalue weighted by atomic mass is 9.82. The number of hydrogen-bond donors (Lipinski definition) is 3. The maximum Gasteiger partial charge on any atom is 0.263 e. The molecule has 3 atom stereocenters. The number of hydroxylamine groups is 1. The summed E-state index contributed by atoms with van der Waals surface area (Å²) >= 11 is 0. The Bertz CT molecular complexity index is 1290. The van der Waals surface area contributed by atoms with E-state index in [9.17, 15) is 29.2 Å². The molecule has 0 spiro atoms. The molecule has 0 unspecified atom stereocenters. The Hall–Kier alpha value is -4.31. The predicted molar refractivity (Wildman–Crippen MR) is 158 cm³/mol. The molecule has 2 aromatic carbocycles. The second-order valence-electron chi connectivity index (χ2n) is 11.4. The monoisotopic (exact) mass is 576 g/mol. The van der Waals surface area contributed by atoms with Gasteiger partial charge in [-0.1, -0.05) is 82.3 Å². The van der Waals surface area contributed by atoms with Crippen molar-refractivity contribution in [3.8, 4) is 0 Å². The molecule has 10 nitrogen and oxygen atoms in total. The van der Waals surface area contributed by atoms with Gasteiger partial charge in [0.05, 0.1) is 23.0 Å². The Labute approximate surface area is 246 Å². The predicted octanol–water partition coefficient (Wildman–Crippen LogP) is 4.07.